The lowest BCUT2D eigenvalue weighted by molar-refractivity contribution is -0.140. The first-order valence-corrected chi connectivity index (χ1v) is 4.68. The summed E-state index contributed by atoms with van der Waals surface area (Å²) in [7, 11) is 0. The number of alkyl halides is 3. The highest BCUT2D eigenvalue weighted by atomic mass is 19.4. The van der Waals surface area contributed by atoms with Crippen molar-refractivity contribution in [2.45, 2.75) is 32.0 Å². The van der Waals surface area contributed by atoms with Crippen LogP contribution in [0.3, 0.4) is 0 Å². The highest BCUT2D eigenvalue weighted by Gasteiger charge is 2.35. The minimum absolute atomic E-state index is 0.137. The molecule has 1 N–H and O–H groups in total. The van der Waals surface area contributed by atoms with Crippen molar-refractivity contribution >= 4 is 0 Å². The van der Waals surface area contributed by atoms with Gasteiger partial charge in [-0.3, -0.25) is 0 Å². The number of benzene rings is 1. The fourth-order valence-corrected chi connectivity index (χ4v) is 1.40. The van der Waals surface area contributed by atoms with Crippen molar-refractivity contribution in [3.05, 3.63) is 35.1 Å². The van der Waals surface area contributed by atoms with Gasteiger partial charge in [-0.05, 0) is 25.5 Å². The van der Waals surface area contributed by atoms with E-state index in [1.165, 1.54) is 19.9 Å². The fourth-order valence-electron chi connectivity index (χ4n) is 1.40. The fraction of sp³-hybridized carbons (Fsp3) is 0.455. The van der Waals surface area contributed by atoms with Gasteiger partial charge in [-0.25, -0.2) is 4.39 Å². The van der Waals surface area contributed by atoms with Crippen LogP contribution in [0.25, 0.3) is 0 Å². The Labute approximate surface area is 90.7 Å². The molecule has 0 unspecified atom stereocenters. The van der Waals surface area contributed by atoms with Crippen molar-refractivity contribution in [2.75, 3.05) is 0 Å². The van der Waals surface area contributed by atoms with E-state index in [2.05, 4.69) is 0 Å². The molecule has 1 nitrogen and oxygen atoms in total. The SMILES string of the molecule is CC(C)(O)Cc1cccc(C(F)(F)F)c1F. The Bertz CT molecular complexity index is 377. The van der Waals surface area contributed by atoms with Gasteiger partial charge in [0.05, 0.1) is 11.2 Å². The largest absolute Gasteiger partial charge is 0.419 e. The third-order valence-corrected chi connectivity index (χ3v) is 2.01. The van der Waals surface area contributed by atoms with Gasteiger partial charge in [0.1, 0.15) is 5.82 Å². The Morgan fingerprint density at radius 2 is 1.75 bits per heavy atom. The Hall–Kier alpha value is -1.10. The molecule has 0 aliphatic carbocycles. The highest BCUT2D eigenvalue weighted by Crippen LogP contribution is 2.33. The maximum atomic E-state index is 13.5. The summed E-state index contributed by atoms with van der Waals surface area (Å²) in [5, 5.41) is 9.44. The van der Waals surface area contributed by atoms with Crippen LogP contribution in [-0.4, -0.2) is 10.7 Å². The van der Waals surface area contributed by atoms with Crippen molar-refractivity contribution < 1.29 is 22.7 Å². The Morgan fingerprint density at radius 3 is 2.19 bits per heavy atom. The molecule has 1 aromatic carbocycles. The predicted octanol–water partition coefficient (Wildman–Crippen LogP) is 3.16. The van der Waals surface area contributed by atoms with Crippen LogP contribution in [0.5, 0.6) is 0 Å². The highest BCUT2D eigenvalue weighted by molar-refractivity contribution is 5.29. The van der Waals surface area contributed by atoms with Crippen LogP contribution in [0.1, 0.15) is 25.0 Å². The van der Waals surface area contributed by atoms with Crippen LogP contribution in [-0.2, 0) is 12.6 Å². The van der Waals surface area contributed by atoms with E-state index in [9.17, 15) is 22.7 Å². The molecule has 0 radical (unpaired) electrons. The topological polar surface area (TPSA) is 20.2 Å². The van der Waals surface area contributed by atoms with Gasteiger partial charge < -0.3 is 5.11 Å². The molecule has 0 atom stereocenters. The van der Waals surface area contributed by atoms with Crippen molar-refractivity contribution in [3.63, 3.8) is 0 Å². The van der Waals surface area contributed by atoms with E-state index in [0.29, 0.717) is 6.07 Å². The predicted molar refractivity (Wildman–Crippen MR) is 51.4 cm³/mol. The van der Waals surface area contributed by atoms with E-state index in [4.69, 9.17) is 0 Å². The summed E-state index contributed by atoms with van der Waals surface area (Å²) in [6, 6.07) is 3.05. The first kappa shape index (κ1) is 13.0. The molecule has 0 fully saturated rings. The van der Waals surface area contributed by atoms with Gasteiger partial charge in [0.25, 0.3) is 0 Å². The first-order chi connectivity index (χ1) is 7.11. The lowest BCUT2D eigenvalue weighted by Crippen LogP contribution is -2.23. The summed E-state index contributed by atoms with van der Waals surface area (Å²) in [4.78, 5) is 0. The van der Waals surface area contributed by atoms with Gasteiger partial charge in [-0.1, -0.05) is 12.1 Å². The minimum Gasteiger partial charge on any atom is -0.390 e. The second-order valence-corrected chi connectivity index (χ2v) is 4.27. The molecular weight excluding hydrogens is 224 g/mol. The van der Waals surface area contributed by atoms with Gasteiger partial charge in [-0.15, -0.1) is 0 Å². The van der Waals surface area contributed by atoms with E-state index in [1.54, 1.807) is 0 Å². The van der Waals surface area contributed by atoms with Crippen LogP contribution in [0, 0.1) is 5.82 Å². The van der Waals surface area contributed by atoms with E-state index in [1.807, 2.05) is 0 Å². The number of hydrogen-bond acceptors (Lipinski definition) is 1. The first-order valence-electron chi connectivity index (χ1n) is 4.68. The summed E-state index contributed by atoms with van der Waals surface area (Å²) in [5.74, 6) is -1.31. The number of halogens is 4. The Kier molecular flexibility index (Phi) is 3.28. The van der Waals surface area contributed by atoms with Crippen LogP contribution < -0.4 is 0 Å². The molecule has 0 spiro atoms. The molecule has 0 saturated heterocycles. The minimum atomic E-state index is -4.71. The zero-order valence-corrected chi connectivity index (χ0v) is 8.90. The molecule has 0 saturated carbocycles. The molecule has 1 rings (SSSR count). The summed E-state index contributed by atoms with van der Waals surface area (Å²) >= 11 is 0. The third-order valence-electron chi connectivity index (χ3n) is 2.01. The van der Waals surface area contributed by atoms with Crippen LogP contribution >= 0.6 is 0 Å². The molecule has 0 heterocycles. The van der Waals surface area contributed by atoms with Crippen molar-refractivity contribution in [1.82, 2.24) is 0 Å². The number of hydrogen-bond donors (Lipinski definition) is 1. The standard InChI is InChI=1S/C11H12F4O/c1-10(2,16)6-7-4-3-5-8(9(7)12)11(13,14)15/h3-5,16H,6H2,1-2H3. The zero-order valence-electron chi connectivity index (χ0n) is 8.90. The smallest absolute Gasteiger partial charge is 0.390 e. The third kappa shape index (κ3) is 3.20. The van der Waals surface area contributed by atoms with E-state index >= 15 is 0 Å². The van der Waals surface area contributed by atoms with Gasteiger partial charge in [0.2, 0.25) is 0 Å². The average molecular weight is 236 g/mol. The van der Waals surface area contributed by atoms with Crippen molar-refractivity contribution in [3.8, 4) is 0 Å². The molecule has 0 amide bonds. The quantitative estimate of drug-likeness (QED) is 0.782. The molecule has 90 valence electrons. The lowest BCUT2D eigenvalue weighted by atomic mass is 9.96. The molecule has 5 heteroatoms. The van der Waals surface area contributed by atoms with Crippen LogP contribution in [0.15, 0.2) is 18.2 Å². The summed E-state index contributed by atoms with van der Waals surface area (Å²) < 4.78 is 50.5. The van der Waals surface area contributed by atoms with Crippen LogP contribution in [0.4, 0.5) is 17.6 Å². The maximum Gasteiger partial charge on any atom is 0.419 e. The van der Waals surface area contributed by atoms with E-state index in [0.717, 1.165) is 6.07 Å². The molecule has 16 heavy (non-hydrogen) atoms. The van der Waals surface area contributed by atoms with E-state index in [-0.39, 0.29) is 12.0 Å². The van der Waals surface area contributed by atoms with Gasteiger partial charge in [0.15, 0.2) is 0 Å². The number of aliphatic hydroxyl groups is 1. The Balaban J connectivity index is 3.15. The molecule has 1 aromatic rings. The summed E-state index contributed by atoms with van der Waals surface area (Å²) in [6.45, 7) is 2.82. The van der Waals surface area contributed by atoms with Gasteiger partial charge in [0, 0.05) is 6.42 Å². The Morgan fingerprint density at radius 1 is 1.19 bits per heavy atom. The summed E-state index contributed by atoms with van der Waals surface area (Å²) in [5.41, 5.74) is -2.68. The molecule has 0 aliphatic heterocycles. The molecule has 0 aromatic heterocycles. The lowest BCUT2D eigenvalue weighted by Gasteiger charge is -2.18. The monoisotopic (exact) mass is 236 g/mol. The normalized spacial score (nSPS) is 12.9. The molecule has 0 bridgehead atoms. The summed E-state index contributed by atoms with van der Waals surface area (Å²) in [6.07, 6.45) is -4.87. The second-order valence-electron chi connectivity index (χ2n) is 4.27. The second kappa shape index (κ2) is 4.05. The zero-order chi connectivity index (χ0) is 12.6. The number of rotatable bonds is 2. The maximum absolute atomic E-state index is 13.5. The van der Waals surface area contributed by atoms with Gasteiger partial charge >= 0.3 is 6.18 Å². The van der Waals surface area contributed by atoms with Crippen molar-refractivity contribution in [1.29, 1.82) is 0 Å². The molecular formula is C11H12F4O. The van der Waals surface area contributed by atoms with Crippen molar-refractivity contribution in [2.24, 2.45) is 0 Å². The average Bonchev–Trinajstić information content (AvgIpc) is 2.04. The van der Waals surface area contributed by atoms with Crippen LogP contribution in [0.2, 0.25) is 0 Å². The molecule has 0 aliphatic rings. The van der Waals surface area contributed by atoms with Gasteiger partial charge in [-0.2, -0.15) is 13.2 Å². The van der Waals surface area contributed by atoms with E-state index < -0.39 is 23.2 Å².